The number of hydrogen-bond acceptors (Lipinski definition) is 5. The first-order valence-corrected chi connectivity index (χ1v) is 10.6. The summed E-state index contributed by atoms with van der Waals surface area (Å²) in [6.45, 7) is 2.05. The molecule has 0 amide bonds. The van der Waals surface area contributed by atoms with Crippen LogP contribution in [0.1, 0.15) is 62.0 Å². The van der Waals surface area contributed by atoms with Crippen LogP contribution in [0, 0.1) is 0 Å². The number of nitrogens with one attached hydrogen (secondary N) is 2. The fourth-order valence-electron chi connectivity index (χ4n) is 5.00. The van der Waals surface area contributed by atoms with Crippen LogP contribution in [-0.2, 0) is 0 Å². The summed E-state index contributed by atoms with van der Waals surface area (Å²) in [5.74, 6) is 1.60. The maximum Gasteiger partial charge on any atom is 0.258 e. The van der Waals surface area contributed by atoms with Gasteiger partial charge in [0.15, 0.2) is 6.04 Å². The van der Waals surface area contributed by atoms with Gasteiger partial charge < -0.3 is 14.6 Å². The highest BCUT2D eigenvalue weighted by atomic mass is 16.5. The molecule has 5 rings (SSSR count). The molecule has 0 spiro atoms. The Morgan fingerprint density at radius 3 is 2.72 bits per heavy atom. The van der Waals surface area contributed by atoms with Crippen LogP contribution in [0.3, 0.4) is 0 Å². The fraction of sp³-hybridized carbons (Fsp3) is 0.524. The van der Waals surface area contributed by atoms with Crippen molar-refractivity contribution < 1.29 is 9.64 Å². The molecule has 1 aromatic carbocycles. The Bertz CT molecular complexity index is 1060. The van der Waals surface area contributed by atoms with E-state index in [1.807, 2.05) is 28.9 Å². The highest BCUT2D eigenvalue weighted by Gasteiger charge is 2.37. The molecule has 0 unspecified atom stereocenters. The van der Waals surface area contributed by atoms with E-state index >= 15 is 0 Å². The van der Waals surface area contributed by atoms with E-state index < -0.39 is 0 Å². The molecule has 1 atom stereocenters. The summed E-state index contributed by atoms with van der Waals surface area (Å²) in [5, 5.41) is 13.8. The summed E-state index contributed by atoms with van der Waals surface area (Å²) in [5.41, 5.74) is 1.48. The van der Waals surface area contributed by atoms with Crippen molar-refractivity contribution in [3.8, 4) is 5.75 Å². The van der Waals surface area contributed by atoms with Gasteiger partial charge in [-0.15, -0.1) is 5.10 Å². The van der Waals surface area contributed by atoms with Gasteiger partial charge in [-0.25, -0.2) is 4.68 Å². The molecule has 3 aromatic rings. The third kappa shape index (κ3) is 3.31. The Morgan fingerprint density at radius 1 is 1.17 bits per heavy atom. The van der Waals surface area contributed by atoms with Crippen LogP contribution in [0.5, 0.6) is 5.75 Å². The van der Waals surface area contributed by atoms with Gasteiger partial charge in [-0.05, 0) is 47.5 Å². The molecule has 2 aromatic heterocycles. The molecule has 2 aliphatic rings. The first-order valence-electron chi connectivity index (χ1n) is 10.6. The van der Waals surface area contributed by atoms with Crippen molar-refractivity contribution in [2.75, 3.05) is 20.2 Å². The summed E-state index contributed by atoms with van der Waals surface area (Å²) in [7, 11) is 1.65. The van der Waals surface area contributed by atoms with Crippen molar-refractivity contribution in [1.82, 2.24) is 25.2 Å². The minimum atomic E-state index is -0.160. The number of nitrogens with zero attached hydrogens (tertiary/aromatic N) is 4. The standard InChI is InChI=1S/C21H26N6O2/c1-29-16-8-9-18-14(12-16)13-17(21(28)22-18)19(26-10-4-5-11-26)20-23-24-25-27(20)15-6-2-3-7-15/h8-9,12-13,15,19H,2-7,10-11H2,1H3,(H,22,28)/p+1/t19-/m1/s1. The van der Waals surface area contributed by atoms with Crippen molar-refractivity contribution in [2.45, 2.75) is 50.6 Å². The lowest BCUT2D eigenvalue weighted by atomic mass is 10.0. The number of tetrazole rings is 1. The zero-order valence-electron chi connectivity index (χ0n) is 16.7. The van der Waals surface area contributed by atoms with Crippen molar-refractivity contribution in [1.29, 1.82) is 0 Å². The highest BCUT2D eigenvalue weighted by molar-refractivity contribution is 5.80. The molecule has 3 heterocycles. The van der Waals surface area contributed by atoms with Crippen molar-refractivity contribution in [2.24, 2.45) is 0 Å². The maximum atomic E-state index is 13.1. The van der Waals surface area contributed by atoms with Crippen LogP contribution in [0.4, 0.5) is 0 Å². The predicted octanol–water partition coefficient (Wildman–Crippen LogP) is 1.41. The molecule has 8 nitrogen and oxygen atoms in total. The van der Waals surface area contributed by atoms with E-state index in [1.54, 1.807) is 7.11 Å². The van der Waals surface area contributed by atoms with E-state index in [1.165, 1.54) is 17.7 Å². The zero-order valence-corrected chi connectivity index (χ0v) is 16.7. The van der Waals surface area contributed by atoms with Crippen LogP contribution in [0.2, 0.25) is 0 Å². The molecule has 29 heavy (non-hydrogen) atoms. The van der Waals surface area contributed by atoms with Gasteiger partial charge in [-0.2, -0.15) is 0 Å². The van der Waals surface area contributed by atoms with Crippen LogP contribution in [-0.4, -0.2) is 45.4 Å². The summed E-state index contributed by atoms with van der Waals surface area (Å²) in [6, 6.07) is 7.89. The number of quaternary nitrogens is 1. The smallest absolute Gasteiger partial charge is 0.258 e. The maximum absolute atomic E-state index is 13.1. The Kier molecular flexibility index (Phi) is 4.79. The van der Waals surface area contributed by atoms with E-state index in [-0.39, 0.29) is 11.6 Å². The number of rotatable bonds is 5. The first-order chi connectivity index (χ1) is 14.2. The van der Waals surface area contributed by atoms with E-state index in [2.05, 4.69) is 20.5 Å². The average molecular weight is 395 g/mol. The SMILES string of the molecule is COc1ccc2[nH]c(=O)c([C@H](c3nnnn3C3CCCC3)[NH+]3CCCC3)cc2c1. The van der Waals surface area contributed by atoms with E-state index in [0.29, 0.717) is 6.04 Å². The fourth-order valence-corrected chi connectivity index (χ4v) is 5.00. The normalized spacial score (nSPS) is 19.2. The second-order valence-corrected chi connectivity index (χ2v) is 8.23. The molecule has 1 aliphatic carbocycles. The molecular formula is C21H27N6O2+. The molecule has 1 saturated heterocycles. The molecule has 2 fully saturated rings. The number of aromatic amines is 1. The summed E-state index contributed by atoms with van der Waals surface area (Å²) < 4.78 is 7.38. The number of aromatic nitrogens is 5. The van der Waals surface area contributed by atoms with Crippen LogP contribution in [0.25, 0.3) is 10.9 Å². The minimum Gasteiger partial charge on any atom is -0.497 e. The van der Waals surface area contributed by atoms with Crippen LogP contribution >= 0.6 is 0 Å². The Hall–Kier alpha value is -2.74. The zero-order chi connectivity index (χ0) is 19.8. The molecule has 0 radical (unpaired) electrons. The minimum absolute atomic E-state index is 0.0620. The van der Waals surface area contributed by atoms with Crippen molar-refractivity contribution >= 4 is 10.9 Å². The van der Waals surface area contributed by atoms with E-state index in [9.17, 15) is 4.79 Å². The van der Waals surface area contributed by atoms with E-state index in [4.69, 9.17) is 4.74 Å². The number of methoxy groups -OCH3 is 1. The van der Waals surface area contributed by atoms with Gasteiger partial charge in [-0.1, -0.05) is 12.8 Å². The monoisotopic (exact) mass is 395 g/mol. The third-order valence-corrected chi connectivity index (χ3v) is 6.49. The molecule has 152 valence electrons. The largest absolute Gasteiger partial charge is 0.497 e. The lowest BCUT2D eigenvalue weighted by molar-refractivity contribution is -0.914. The Labute approximate surface area is 168 Å². The number of benzene rings is 1. The topological polar surface area (TPSA) is 90.1 Å². The lowest BCUT2D eigenvalue weighted by Gasteiger charge is -2.25. The molecule has 0 bridgehead atoms. The van der Waals surface area contributed by atoms with Gasteiger partial charge in [0.05, 0.1) is 31.8 Å². The number of hydrogen-bond donors (Lipinski definition) is 2. The predicted molar refractivity (Wildman–Crippen MR) is 108 cm³/mol. The van der Waals surface area contributed by atoms with Gasteiger partial charge in [-0.3, -0.25) is 4.79 Å². The third-order valence-electron chi connectivity index (χ3n) is 6.49. The molecule has 1 aliphatic heterocycles. The molecule has 8 heteroatoms. The first kappa shape index (κ1) is 18.3. The molecule has 1 saturated carbocycles. The highest BCUT2D eigenvalue weighted by Crippen LogP contribution is 2.31. The quantitative estimate of drug-likeness (QED) is 0.682. The Balaban J connectivity index is 1.65. The number of likely N-dealkylation sites (tertiary alicyclic amines) is 1. The number of ether oxygens (including phenoxy) is 1. The van der Waals surface area contributed by atoms with Gasteiger partial charge in [0.1, 0.15) is 5.75 Å². The van der Waals surface area contributed by atoms with Gasteiger partial charge in [0.25, 0.3) is 5.56 Å². The van der Waals surface area contributed by atoms with Gasteiger partial charge in [0, 0.05) is 23.7 Å². The number of fused-ring (bicyclic) bond motifs is 1. The molecule has 2 N–H and O–H groups in total. The average Bonchev–Trinajstić information content (AvgIpc) is 3.50. The van der Waals surface area contributed by atoms with Crippen molar-refractivity contribution in [3.63, 3.8) is 0 Å². The summed E-state index contributed by atoms with van der Waals surface area (Å²) in [4.78, 5) is 17.6. The van der Waals surface area contributed by atoms with Gasteiger partial charge in [0.2, 0.25) is 5.82 Å². The second-order valence-electron chi connectivity index (χ2n) is 8.23. The summed E-state index contributed by atoms with van der Waals surface area (Å²) >= 11 is 0. The van der Waals surface area contributed by atoms with Crippen molar-refractivity contribution in [3.05, 3.63) is 46.0 Å². The van der Waals surface area contributed by atoms with Crippen LogP contribution < -0.4 is 15.2 Å². The molecular weight excluding hydrogens is 368 g/mol. The number of H-pyrrole nitrogens is 1. The second kappa shape index (κ2) is 7.59. The Morgan fingerprint density at radius 2 is 1.97 bits per heavy atom. The number of pyridine rings is 1. The van der Waals surface area contributed by atoms with Gasteiger partial charge >= 0.3 is 0 Å². The van der Waals surface area contributed by atoms with E-state index in [0.717, 1.165) is 66.8 Å². The lowest BCUT2D eigenvalue weighted by Crippen LogP contribution is -3.10. The summed E-state index contributed by atoms with van der Waals surface area (Å²) in [6.07, 6.45) is 6.95. The van der Waals surface area contributed by atoms with Crippen LogP contribution in [0.15, 0.2) is 29.1 Å².